The number of halogens is 1. The van der Waals surface area contributed by atoms with E-state index < -0.39 is 0 Å². The maximum absolute atomic E-state index is 5.90. The summed E-state index contributed by atoms with van der Waals surface area (Å²) in [5, 5.41) is 7.64. The van der Waals surface area contributed by atoms with Crippen LogP contribution >= 0.6 is 24.0 Å². The summed E-state index contributed by atoms with van der Waals surface area (Å²) in [4.78, 5) is 7.08. The topological polar surface area (TPSA) is 54.7 Å². The molecule has 0 aromatic carbocycles. The quantitative estimate of drug-likeness (QED) is 0.450. The van der Waals surface area contributed by atoms with Crippen LogP contribution in [0.1, 0.15) is 39.4 Å². The molecule has 0 spiro atoms. The first-order valence-corrected chi connectivity index (χ1v) is 8.02. The molecule has 0 saturated carbocycles. The van der Waals surface area contributed by atoms with Crippen molar-refractivity contribution < 1.29 is 4.74 Å². The molecular weight excluding hydrogens is 405 g/mol. The van der Waals surface area contributed by atoms with Crippen molar-refractivity contribution in [3.63, 3.8) is 0 Å². The van der Waals surface area contributed by atoms with Gasteiger partial charge in [0.1, 0.15) is 6.10 Å². The van der Waals surface area contributed by atoms with E-state index in [1.165, 1.54) is 0 Å². The Morgan fingerprint density at radius 1 is 1.48 bits per heavy atom. The van der Waals surface area contributed by atoms with E-state index in [4.69, 9.17) is 9.73 Å². The fourth-order valence-electron chi connectivity index (χ4n) is 2.39. The Morgan fingerprint density at radius 2 is 2.22 bits per heavy atom. The molecule has 2 rings (SSSR count). The Balaban J connectivity index is 0.00000264. The van der Waals surface area contributed by atoms with E-state index in [1.54, 1.807) is 0 Å². The number of rotatable bonds is 3. The van der Waals surface area contributed by atoms with Gasteiger partial charge in [-0.1, -0.05) is 20.8 Å². The molecule has 132 valence electrons. The average molecular weight is 435 g/mol. The van der Waals surface area contributed by atoms with Crippen LogP contribution in [-0.2, 0) is 11.8 Å². The molecule has 23 heavy (non-hydrogen) atoms. The predicted molar refractivity (Wildman–Crippen MR) is 104 cm³/mol. The maximum Gasteiger partial charge on any atom is 0.194 e. The number of nitrogens with zero attached hydrogens (tertiary/aromatic N) is 4. The van der Waals surface area contributed by atoms with Gasteiger partial charge in [0, 0.05) is 38.4 Å². The van der Waals surface area contributed by atoms with Crippen molar-refractivity contribution in [1.29, 1.82) is 0 Å². The Labute approximate surface area is 156 Å². The van der Waals surface area contributed by atoms with Crippen LogP contribution in [0.25, 0.3) is 0 Å². The zero-order valence-electron chi connectivity index (χ0n) is 14.9. The van der Waals surface area contributed by atoms with E-state index in [-0.39, 0.29) is 35.5 Å². The Kier molecular flexibility index (Phi) is 7.79. The van der Waals surface area contributed by atoms with Gasteiger partial charge in [0.05, 0.1) is 19.3 Å². The number of ether oxygens (including phenoxy) is 1. The molecule has 0 aliphatic carbocycles. The van der Waals surface area contributed by atoms with E-state index in [1.807, 2.05) is 24.1 Å². The van der Waals surface area contributed by atoms with Crippen LogP contribution < -0.4 is 5.32 Å². The van der Waals surface area contributed by atoms with Crippen LogP contribution in [0.15, 0.2) is 17.4 Å². The molecule has 1 fully saturated rings. The van der Waals surface area contributed by atoms with Crippen molar-refractivity contribution in [2.75, 3.05) is 32.8 Å². The number of nitrogens with one attached hydrogen (secondary N) is 1. The van der Waals surface area contributed by atoms with Crippen LogP contribution in [0.3, 0.4) is 0 Å². The van der Waals surface area contributed by atoms with Gasteiger partial charge in [0.25, 0.3) is 0 Å². The molecule has 1 saturated heterocycles. The van der Waals surface area contributed by atoms with Crippen LogP contribution in [0.2, 0.25) is 0 Å². The fraction of sp³-hybridized carbons (Fsp3) is 0.750. The average Bonchev–Trinajstić information content (AvgIpc) is 2.89. The van der Waals surface area contributed by atoms with Gasteiger partial charge in [-0.25, -0.2) is 0 Å². The Hall–Kier alpha value is -0.830. The molecule has 1 aromatic rings. The third-order valence-corrected chi connectivity index (χ3v) is 3.50. The molecule has 1 N–H and O–H groups in total. The molecule has 1 atom stereocenters. The van der Waals surface area contributed by atoms with E-state index in [9.17, 15) is 0 Å². The smallest absolute Gasteiger partial charge is 0.194 e. The predicted octanol–water partition coefficient (Wildman–Crippen LogP) is 2.42. The lowest BCUT2D eigenvalue weighted by atomic mass is 9.97. The molecule has 0 amide bonds. The van der Waals surface area contributed by atoms with Gasteiger partial charge in [-0.2, -0.15) is 5.10 Å². The number of morpholine rings is 1. The SMILES string of the molecule is CCNC(=NCC(C)(C)C)N1CCOC(c2cnn(C)c2)C1.I. The lowest BCUT2D eigenvalue weighted by molar-refractivity contribution is -0.00808. The highest BCUT2D eigenvalue weighted by atomic mass is 127. The number of aliphatic imine (C=N–C) groups is 1. The second kappa shape index (κ2) is 8.86. The van der Waals surface area contributed by atoms with Gasteiger partial charge in [0.15, 0.2) is 5.96 Å². The maximum atomic E-state index is 5.90. The highest BCUT2D eigenvalue weighted by molar-refractivity contribution is 14.0. The number of hydrogen-bond donors (Lipinski definition) is 1. The van der Waals surface area contributed by atoms with Gasteiger partial charge in [0.2, 0.25) is 0 Å². The number of hydrogen-bond acceptors (Lipinski definition) is 3. The normalized spacial score (nSPS) is 19.4. The third-order valence-electron chi connectivity index (χ3n) is 3.50. The van der Waals surface area contributed by atoms with Crippen LogP contribution in [0.5, 0.6) is 0 Å². The molecule has 0 bridgehead atoms. The molecule has 1 aliphatic rings. The van der Waals surface area contributed by atoms with Crippen LogP contribution in [0.4, 0.5) is 0 Å². The molecule has 1 aromatic heterocycles. The van der Waals surface area contributed by atoms with Gasteiger partial charge >= 0.3 is 0 Å². The Bertz CT molecular complexity index is 509. The summed E-state index contributed by atoms with van der Waals surface area (Å²) in [5.74, 6) is 0.981. The van der Waals surface area contributed by atoms with Gasteiger partial charge in [-0.05, 0) is 12.3 Å². The minimum absolute atomic E-state index is 0. The van der Waals surface area contributed by atoms with Crippen molar-refractivity contribution in [3.05, 3.63) is 18.0 Å². The molecule has 1 aliphatic heterocycles. The Morgan fingerprint density at radius 3 is 2.78 bits per heavy atom. The molecule has 0 radical (unpaired) electrons. The minimum Gasteiger partial charge on any atom is -0.370 e. The van der Waals surface area contributed by atoms with E-state index in [0.717, 1.165) is 37.7 Å². The van der Waals surface area contributed by atoms with Crippen molar-refractivity contribution >= 4 is 29.9 Å². The van der Waals surface area contributed by atoms with Crippen molar-refractivity contribution in [2.24, 2.45) is 17.5 Å². The summed E-state index contributed by atoms with van der Waals surface area (Å²) in [6.07, 6.45) is 3.96. The summed E-state index contributed by atoms with van der Waals surface area (Å²) < 4.78 is 7.72. The van der Waals surface area contributed by atoms with Crippen molar-refractivity contribution in [2.45, 2.75) is 33.8 Å². The second-order valence-electron chi connectivity index (χ2n) is 6.98. The second-order valence-corrected chi connectivity index (χ2v) is 6.98. The van der Waals surface area contributed by atoms with Crippen molar-refractivity contribution in [3.8, 4) is 0 Å². The summed E-state index contributed by atoms with van der Waals surface area (Å²) in [6, 6.07) is 0. The highest BCUT2D eigenvalue weighted by Crippen LogP contribution is 2.22. The van der Waals surface area contributed by atoms with Gasteiger partial charge in [-0.3, -0.25) is 9.67 Å². The third kappa shape index (κ3) is 6.29. The van der Waals surface area contributed by atoms with Gasteiger partial charge in [-0.15, -0.1) is 24.0 Å². The number of guanidine groups is 1. The van der Waals surface area contributed by atoms with Gasteiger partial charge < -0.3 is 15.0 Å². The molecule has 7 heteroatoms. The lowest BCUT2D eigenvalue weighted by Crippen LogP contribution is -2.48. The summed E-state index contributed by atoms with van der Waals surface area (Å²) in [5.41, 5.74) is 1.31. The van der Waals surface area contributed by atoms with Crippen LogP contribution in [-0.4, -0.2) is 53.4 Å². The van der Waals surface area contributed by atoms with E-state index in [2.05, 4.69) is 43.0 Å². The molecule has 6 nitrogen and oxygen atoms in total. The first-order chi connectivity index (χ1) is 10.4. The zero-order valence-corrected chi connectivity index (χ0v) is 17.2. The van der Waals surface area contributed by atoms with E-state index >= 15 is 0 Å². The monoisotopic (exact) mass is 435 g/mol. The zero-order chi connectivity index (χ0) is 16.2. The number of aromatic nitrogens is 2. The standard InChI is InChI=1S/C16H29N5O.HI/c1-6-17-15(18-12-16(2,3)4)21-7-8-22-14(11-21)13-9-19-20(5)10-13;/h9-10,14H,6-8,11-12H2,1-5H3,(H,17,18);1H. The molecular formula is C16H30IN5O. The first-order valence-electron chi connectivity index (χ1n) is 8.02. The molecule has 1 unspecified atom stereocenters. The first kappa shape index (κ1) is 20.2. The van der Waals surface area contributed by atoms with Crippen molar-refractivity contribution in [1.82, 2.24) is 20.0 Å². The number of aryl methyl sites for hydroxylation is 1. The highest BCUT2D eigenvalue weighted by Gasteiger charge is 2.25. The lowest BCUT2D eigenvalue weighted by Gasteiger charge is -2.35. The summed E-state index contributed by atoms with van der Waals surface area (Å²) in [7, 11) is 1.93. The molecule has 2 heterocycles. The minimum atomic E-state index is 0. The van der Waals surface area contributed by atoms with Crippen LogP contribution in [0, 0.1) is 5.41 Å². The largest absolute Gasteiger partial charge is 0.370 e. The summed E-state index contributed by atoms with van der Waals surface area (Å²) >= 11 is 0. The fourth-order valence-corrected chi connectivity index (χ4v) is 2.39. The summed E-state index contributed by atoms with van der Waals surface area (Å²) in [6.45, 7) is 12.8. The van der Waals surface area contributed by atoms with E-state index in [0.29, 0.717) is 6.61 Å².